The molecule has 0 saturated carbocycles. The fraction of sp³-hybridized carbons (Fsp3) is 0.273. The Morgan fingerprint density at radius 3 is 2.32 bits per heavy atom. The Morgan fingerprint density at radius 2 is 1.68 bits per heavy atom. The maximum atomic E-state index is 13.3. The van der Waals surface area contributed by atoms with Crippen LogP contribution in [-0.2, 0) is 0 Å². The summed E-state index contributed by atoms with van der Waals surface area (Å²) in [5.41, 5.74) is 3.14. The van der Waals surface area contributed by atoms with Crippen molar-refractivity contribution in [1.29, 1.82) is 0 Å². The van der Waals surface area contributed by atoms with Gasteiger partial charge in [-0.1, -0.05) is 12.1 Å². The zero-order valence-corrected chi connectivity index (χ0v) is 17.3. The van der Waals surface area contributed by atoms with Crippen LogP contribution in [-0.4, -0.2) is 51.7 Å². The van der Waals surface area contributed by atoms with Gasteiger partial charge in [-0.05, 0) is 44.2 Å². The van der Waals surface area contributed by atoms with Crippen molar-refractivity contribution in [2.24, 2.45) is 0 Å². The first-order valence-electron chi connectivity index (χ1n) is 9.96. The molecule has 160 valence electrons. The summed E-state index contributed by atoms with van der Waals surface area (Å²) in [7, 11) is 0. The van der Waals surface area contributed by atoms with Crippen LogP contribution in [0.1, 0.15) is 21.7 Å². The van der Waals surface area contributed by atoms with E-state index in [1.54, 1.807) is 46.8 Å². The van der Waals surface area contributed by atoms with Crippen molar-refractivity contribution in [2.45, 2.75) is 13.8 Å². The number of nitro groups is 1. The lowest BCUT2D eigenvalue weighted by atomic mass is 10.1. The number of carbonyl (C=O) groups excluding carboxylic acids is 1. The molecule has 1 aliphatic rings. The lowest BCUT2D eigenvalue weighted by molar-refractivity contribution is -0.384. The first-order valence-corrected chi connectivity index (χ1v) is 9.96. The molecule has 4 rings (SSSR count). The summed E-state index contributed by atoms with van der Waals surface area (Å²) in [6, 6.07) is 12.6. The van der Waals surface area contributed by atoms with Gasteiger partial charge in [0.1, 0.15) is 11.5 Å². The topological polar surface area (TPSA) is 84.5 Å². The van der Waals surface area contributed by atoms with Gasteiger partial charge in [-0.15, -0.1) is 0 Å². The Bertz CT molecular complexity index is 1130. The van der Waals surface area contributed by atoms with Crippen molar-refractivity contribution in [1.82, 2.24) is 14.7 Å². The van der Waals surface area contributed by atoms with Crippen molar-refractivity contribution < 1.29 is 14.1 Å². The van der Waals surface area contributed by atoms with E-state index in [0.717, 1.165) is 0 Å². The average molecular weight is 423 g/mol. The number of piperazine rings is 1. The van der Waals surface area contributed by atoms with Crippen molar-refractivity contribution in [3.8, 4) is 5.69 Å². The second-order valence-corrected chi connectivity index (χ2v) is 7.46. The smallest absolute Gasteiger partial charge is 0.292 e. The van der Waals surface area contributed by atoms with Gasteiger partial charge in [-0.3, -0.25) is 14.9 Å². The second kappa shape index (κ2) is 8.17. The first-order chi connectivity index (χ1) is 14.9. The number of hydrogen-bond donors (Lipinski definition) is 0. The Hall–Kier alpha value is -3.75. The monoisotopic (exact) mass is 423 g/mol. The number of nitrogens with zero attached hydrogens (tertiary/aromatic N) is 5. The minimum absolute atomic E-state index is 0.0644. The molecule has 2 aromatic carbocycles. The highest BCUT2D eigenvalue weighted by Gasteiger charge is 2.29. The Labute approximate surface area is 178 Å². The molecular formula is C22H22FN5O3. The summed E-state index contributed by atoms with van der Waals surface area (Å²) in [5.74, 6) is -0.455. The van der Waals surface area contributed by atoms with Crippen LogP contribution in [0.25, 0.3) is 5.69 Å². The molecule has 8 nitrogen and oxygen atoms in total. The molecule has 0 radical (unpaired) electrons. The number of amides is 1. The summed E-state index contributed by atoms with van der Waals surface area (Å²) in [6.45, 7) is 5.50. The molecule has 3 aromatic rings. The number of halogens is 1. The fourth-order valence-corrected chi connectivity index (χ4v) is 3.98. The van der Waals surface area contributed by atoms with Crippen molar-refractivity contribution in [2.75, 3.05) is 31.1 Å². The number of benzene rings is 2. The molecule has 1 amide bonds. The third-order valence-corrected chi connectivity index (χ3v) is 5.56. The average Bonchev–Trinajstić information content (AvgIpc) is 3.07. The number of rotatable bonds is 4. The predicted octanol–water partition coefficient (Wildman–Crippen LogP) is 3.50. The summed E-state index contributed by atoms with van der Waals surface area (Å²) in [4.78, 5) is 27.9. The van der Waals surface area contributed by atoms with Crippen LogP contribution >= 0.6 is 0 Å². The zero-order valence-electron chi connectivity index (χ0n) is 17.3. The molecule has 1 fully saturated rings. The number of anilines is 1. The largest absolute Gasteiger partial charge is 0.362 e. The van der Waals surface area contributed by atoms with Crippen LogP contribution in [0.3, 0.4) is 0 Å². The van der Waals surface area contributed by atoms with E-state index in [2.05, 4.69) is 5.10 Å². The highest BCUT2D eigenvalue weighted by atomic mass is 19.1. The summed E-state index contributed by atoms with van der Waals surface area (Å²) >= 11 is 0. The maximum absolute atomic E-state index is 13.3. The minimum atomic E-state index is -0.385. The fourth-order valence-electron chi connectivity index (χ4n) is 3.98. The Morgan fingerprint density at radius 1 is 1.03 bits per heavy atom. The van der Waals surface area contributed by atoms with Crippen molar-refractivity contribution in [3.05, 3.63) is 81.4 Å². The van der Waals surface area contributed by atoms with E-state index in [-0.39, 0.29) is 22.3 Å². The highest BCUT2D eigenvalue weighted by molar-refractivity contribution is 5.96. The lowest BCUT2D eigenvalue weighted by Crippen LogP contribution is -2.49. The van der Waals surface area contributed by atoms with Gasteiger partial charge in [0.25, 0.3) is 11.6 Å². The van der Waals surface area contributed by atoms with E-state index in [1.165, 1.54) is 18.2 Å². The Kier molecular flexibility index (Phi) is 5.41. The normalized spacial score (nSPS) is 14.0. The van der Waals surface area contributed by atoms with Gasteiger partial charge in [-0.2, -0.15) is 5.10 Å². The number of carbonyl (C=O) groups is 1. The quantitative estimate of drug-likeness (QED) is 0.474. The standard InChI is InChI=1S/C22H22FN5O3/c1-15-21(16(2)27(24-15)18-9-7-17(23)8-10-18)22(29)26-13-11-25(12-14-26)19-5-3-4-6-20(19)28(30)31/h3-10H,11-14H2,1-2H3. The molecule has 0 unspecified atom stereocenters. The molecule has 2 heterocycles. The maximum Gasteiger partial charge on any atom is 0.292 e. The molecule has 1 aliphatic heterocycles. The first kappa shape index (κ1) is 20.5. The van der Waals surface area contributed by atoms with Gasteiger partial charge in [-0.25, -0.2) is 9.07 Å². The molecule has 0 aliphatic carbocycles. The molecule has 1 saturated heterocycles. The lowest BCUT2D eigenvalue weighted by Gasteiger charge is -2.35. The van der Waals surface area contributed by atoms with Crippen LogP contribution < -0.4 is 4.90 Å². The SMILES string of the molecule is Cc1nn(-c2ccc(F)cc2)c(C)c1C(=O)N1CCN(c2ccccc2[N+](=O)[O-])CC1. The van der Waals surface area contributed by atoms with Crippen molar-refractivity contribution in [3.63, 3.8) is 0 Å². The van der Waals surface area contributed by atoms with E-state index >= 15 is 0 Å². The minimum Gasteiger partial charge on any atom is -0.362 e. The molecule has 9 heteroatoms. The van der Waals surface area contributed by atoms with Crippen LogP contribution in [0.5, 0.6) is 0 Å². The van der Waals surface area contributed by atoms with Crippen molar-refractivity contribution >= 4 is 17.3 Å². The summed E-state index contributed by atoms with van der Waals surface area (Å²) < 4.78 is 14.9. The molecule has 0 bridgehead atoms. The van der Waals surface area contributed by atoms with Gasteiger partial charge in [0.05, 0.1) is 27.6 Å². The van der Waals surface area contributed by atoms with Gasteiger partial charge in [0.15, 0.2) is 0 Å². The van der Waals surface area contributed by atoms with Crippen LogP contribution in [0.4, 0.5) is 15.8 Å². The zero-order chi connectivity index (χ0) is 22.1. The molecule has 0 spiro atoms. The van der Waals surface area contributed by atoms with E-state index in [0.29, 0.717) is 54.5 Å². The van der Waals surface area contributed by atoms with Crippen LogP contribution in [0.15, 0.2) is 48.5 Å². The highest BCUT2D eigenvalue weighted by Crippen LogP contribution is 2.29. The third kappa shape index (κ3) is 3.86. The molecule has 1 aromatic heterocycles. The number of hydrogen-bond acceptors (Lipinski definition) is 5. The van der Waals surface area contributed by atoms with Gasteiger partial charge < -0.3 is 9.80 Å². The van der Waals surface area contributed by atoms with Crippen LogP contribution in [0.2, 0.25) is 0 Å². The predicted molar refractivity (Wildman–Crippen MR) is 114 cm³/mol. The van der Waals surface area contributed by atoms with Gasteiger partial charge >= 0.3 is 0 Å². The summed E-state index contributed by atoms with van der Waals surface area (Å²) in [6.07, 6.45) is 0. The summed E-state index contributed by atoms with van der Waals surface area (Å²) in [5, 5.41) is 15.8. The van der Waals surface area contributed by atoms with Gasteiger partial charge in [0, 0.05) is 32.2 Å². The second-order valence-electron chi connectivity index (χ2n) is 7.46. The number of aryl methyl sites for hydroxylation is 1. The third-order valence-electron chi connectivity index (χ3n) is 5.56. The molecule has 31 heavy (non-hydrogen) atoms. The molecule has 0 N–H and O–H groups in total. The van der Waals surface area contributed by atoms with Gasteiger partial charge in [0.2, 0.25) is 0 Å². The number of para-hydroxylation sites is 2. The van der Waals surface area contributed by atoms with E-state index in [9.17, 15) is 19.3 Å². The Balaban J connectivity index is 1.52. The van der Waals surface area contributed by atoms with E-state index < -0.39 is 0 Å². The van der Waals surface area contributed by atoms with E-state index in [1.807, 2.05) is 11.8 Å². The molecule has 0 atom stereocenters. The number of aromatic nitrogens is 2. The number of nitro benzene ring substituents is 1. The van der Waals surface area contributed by atoms with E-state index in [4.69, 9.17) is 0 Å². The molecular weight excluding hydrogens is 401 g/mol. The van der Waals surface area contributed by atoms with Crippen LogP contribution in [0, 0.1) is 29.8 Å².